The normalized spacial score (nSPS) is 12.2. The van der Waals surface area contributed by atoms with Crippen molar-refractivity contribution >= 4 is 5.91 Å². The molecule has 1 aromatic heterocycles. The molecule has 0 radical (unpaired) electrons. The number of rotatable bonds is 6. The molecule has 0 fully saturated rings. The Balaban J connectivity index is 2.10. The summed E-state index contributed by atoms with van der Waals surface area (Å²) >= 11 is 0. The van der Waals surface area contributed by atoms with Crippen LogP contribution in [0.1, 0.15) is 36.3 Å². The smallest absolute Gasteiger partial charge is 0.255 e. The molecule has 4 heteroatoms. The maximum atomic E-state index is 12.6. The largest absolute Gasteiger partial charge is 0.342 e. The minimum absolute atomic E-state index is 0.00410. The van der Waals surface area contributed by atoms with Crippen LogP contribution < -0.4 is 5.73 Å². The highest BCUT2D eigenvalue weighted by Gasteiger charge is 2.17. The average molecular weight is 325 g/mol. The van der Waals surface area contributed by atoms with Gasteiger partial charge in [-0.25, -0.2) is 0 Å². The van der Waals surface area contributed by atoms with Gasteiger partial charge in [0.25, 0.3) is 5.91 Å². The van der Waals surface area contributed by atoms with Gasteiger partial charge in [0, 0.05) is 25.2 Å². The number of aromatic nitrogens is 1. The van der Waals surface area contributed by atoms with Crippen molar-refractivity contribution in [1.29, 1.82) is 0 Å². The molecule has 2 rings (SSSR count). The van der Waals surface area contributed by atoms with Gasteiger partial charge >= 0.3 is 0 Å². The molecule has 0 spiro atoms. The fraction of sp³-hybridized carbons (Fsp3) is 0.400. The number of amides is 1. The Morgan fingerprint density at radius 3 is 2.42 bits per heavy atom. The minimum atomic E-state index is -0.00410. The van der Waals surface area contributed by atoms with Gasteiger partial charge in [-0.2, -0.15) is 0 Å². The molecule has 4 nitrogen and oxygen atoms in total. The van der Waals surface area contributed by atoms with Crippen LogP contribution in [0.2, 0.25) is 0 Å². The Morgan fingerprint density at radius 2 is 1.83 bits per heavy atom. The molecule has 1 aromatic carbocycles. The zero-order valence-electron chi connectivity index (χ0n) is 15.0. The number of benzene rings is 1. The molecule has 1 amide bonds. The van der Waals surface area contributed by atoms with Gasteiger partial charge in [0.2, 0.25) is 0 Å². The maximum Gasteiger partial charge on any atom is 0.255 e. The molecule has 0 aliphatic heterocycles. The monoisotopic (exact) mass is 325 g/mol. The first-order valence-corrected chi connectivity index (χ1v) is 8.44. The number of hydrogen-bond acceptors (Lipinski definition) is 3. The van der Waals surface area contributed by atoms with Crippen LogP contribution in [0.4, 0.5) is 0 Å². The highest BCUT2D eigenvalue weighted by Crippen LogP contribution is 2.19. The Kier molecular flexibility index (Phi) is 6.10. The van der Waals surface area contributed by atoms with Crippen LogP contribution in [0.25, 0.3) is 11.3 Å². The van der Waals surface area contributed by atoms with Gasteiger partial charge < -0.3 is 10.6 Å². The molecule has 2 aromatic rings. The molecular formula is C20H27N3O. The number of nitrogens with zero attached hydrogens (tertiary/aromatic N) is 2. The quantitative estimate of drug-likeness (QED) is 0.884. The van der Waals surface area contributed by atoms with E-state index in [-0.39, 0.29) is 11.9 Å². The van der Waals surface area contributed by atoms with E-state index >= 15 is 0 Å². The van der Waals surface area contributed by atoms with Crippen LogP contribution in [-0.2, 0) is 0 Å². The standard InChI is InChI=1S/C20H27N3O/c1-14(2)18(21)12-13-23(4)20(24)17-10-11-19(22-15(17)3)16-8-6-5-7-9-16/h5-11,14,18H,12-13,21H2,1-4H3. The van der Waals surface area contributed by atoms with Crippen LogP contribution in [0.5, 0.6) is 0 Å². The number of aryl methyl sites for hydroxylation is 1. The molecule has 0 aliphatic rings. The molecule has 1 unspecified atom stereocenters. The highest BCUT2D eigenvalue weighted by atomic mass is 16.2. The topological polar surface area (TPSA) is 59.2 Å². The van der Waals surface area contributed by atoms with Gasteiger partial charge in [0.1, 0.15) is 0 Å². The van der Waals surface area contributed by atoms with Gasteiger partial charge in [-0.3, -0.25) is 9.78 Å². The summed E-state index contributed by atoms with van der Waals surface area (Å²) in [5, 5.41) is 0. The first-order valence-electron chi connectivity index (χ1n) is 8.44. The van der Waals surface area contributed by atoms with E-state index in [9.17, 15) is 4.79 Å². The number of carbonyl (C=O) groups excluding carboxylic acids is 1. The molecule has 0 saturated heterocycles. The van der Waals surface area contributed by atoms with Crippen LogP contribution >= 0.6 is 0 Å². The van der Waals surface area contributed by atoms with E-state index in [1.165, 1.54) is 0 Å². The van der Waals surface area contributed by atoms with Crippen molar-refractivity contribution in [1.82, 2.24) is 9.88 Å². The van der Waals surface area contributed by atoms with Gasteiger partial charge in [-0.15, -0.1) is 0 Å². The van der Waals surface area contributed by atoms with Crippen molar-refractivity contribution in [2.75, 3.05) is 13.6 Å². The lowest BCUT2D eigenvalue weighted by Crippen LogP contribution is -2.35. The maximum absolute atomic E-state index is 12.6. The van der Waals surface area contributed by atoms with E-state index in [2.05, 4.69) is 18.8 Å². The fourth-order valence-electron chi connectivity index (χ4n) is 2.54. The summed E-state index contributed by atoms with van der Waals surface area (Å²) < 4.78 is 0. The first-order chi connectivity index (χ1) is 11.4. The molecule has 0 bridgehead atoms. The Labute approximate surface area is 144 Å². The first kappa shape index (κ1) is 18.1. The van der Waals surface area contributed by atoms with Crippen LogP contribution in [0, 0.1) is 12.8 Å². The van der Waals surface area contributed by atoms with E-state index in [0.717, 1.165) is 23.4 Å². The van der Waals surface area contributed by atoms with Gasteiger partial charge in [-0.1, -0.05) is 44.2 Å². The van der Waals surface area contributed by atoms with Crippen molar-refractivity contribution in [3.8, 4) is 11.3 Å². The van der Waals surface area contributed by atoms with Gasteiger partial charge in [-0.05, 0) is 31.4 Å². The van der Waals surface area contributed by atoms with Crippen LogP contribution in [0.15, 0.2) is 42.5 Å². The molecule has 0 saturated carbocycles. The fourth-order valence-corrected chi connectivity index (χ4v) is 2.54. The van der Waals surface area contributed by atoms with Crippen molar-refractivity contribution in [2.45, 2.75) is 33.2 Å². The van der Waals surface area contributed by atoms with E-state index in [1.807, 2.05) is 56.4 Å². The Hall–Kier alpha value is -2.20. The SMILES string of the molecule is Cc1nc(-c2ccccc2)ccc1C(=O)N(C)CCC(N)C(C)C. The molecular weight excluding hydrogens is 298 g/mol. The number of pyridine rings is 1. The molecule has 1 atom stereocenters. The van der Waals surface area contributed by atoms with Crippen LogP contribution in [0.3, 0.4) is 0 Å². The summed E-state index contributed by atoms with van der Waals surface area (Å²) in [6.07, 6.45) is 0.800. The molecule has 128 valence electrons. The zero-order valence-corrected chi connectivity index (χ0v) is 15.0. The molecule has 1 heterocycles. The summed E-state index contributed by atoms with van der Waals surface area (Å²) in [5.74, 6) is 0.414. The molecule has 2 N–H and O–H groups in total. The summed E-state index contributed by atoms with van der Waals surface area (Å²) in [7, 11) is 1.82. The van der Waals surface area contributed by atoms with Gasteiger partial charge in [0.15, 0.2) is 0 Å². The van der Waals surface area contributed by atoms with E-state index in [1.54, 1.807) is 4.90 Å². The summed E-state index contributed by atoms with van der Waals surface area (Å²) in [6.45, 7) is 6.73. The summed E-state index contributed by atoms with van der Waals surface area (Å²) in [4.78, 5) is 19.0. The molecule has 0 aliphatic carbocycles. The molecule has 24 heavy (non-hydrogen) atoms. The van der Waals surface area contributed by atoms with E-state index in [4.69, 9.17) is 5.73 Å². The lowest BCUT2D eigenvalue weighted by molar-refractivity contribution is 0.0788. The predicted molar refractivity (Wildman–Crippen MR) is 98.8 cm³/mol. The van der Waals surface area contributed by atoms with Crippen molar-refractivity contribution in [3.63, 3.8) is 0 Å². The lowest BCUT2D eigenvalue weighted by Gasteiger charge is -2.22. The second-order valence-electron chi connectivity index (χ2n) is 6.62. The van der Waals surface area contributed by atoms with Crippen molar-refractivity contribution in [2.24, 2.45) is 11.7 Å². The average Bonchev–Trinajstić information content (AvgIpc) is 2.59. The number of hydrogen-bond donors (Lipinski definition) is 1. The summed E-state index contributed by atoms with van der Waals surface area (Å²) in [5.41, 5.74) is 9.40. The predicted octanol–water partition coefficient (Wildman–Crippen LogP) is 3.50. The second kappa shape index (κ2) is 8.06. The summed E-state index contributed by atoms with van der Waals surface area (Å²) in [6, 6.07) is 13.9. The second-order valence-corrected chi connectivity index (χ2v) is 6.62. The van der Waals surface area contributed by atoms with Crippen molar-refractivity contribution < 1.29 is 4.79 Å². The minimum Gasteiger partial charge on any atom is -0.342 e. The van der Waals surface area contributed by atoms with Crippen molar-refractivity contribution in [3.05, 3.63) is 53.7 Å². The third kappa shape index (κ3) is 4.42. The number of nitrogens with two attached hydrogens (primary N) is 1. The third-order valence-electron chi connectivity index (χ3n) is 4.39. The Morgan fingerprint density at radius 1 is 1.17 bits per heavy atom. The zero-order chi connectivity index (χ0) is 17.7. The van der Waals surface area contributed by atoms with E-state index in [0.29, 0.717) is 18.0 Å². The Bertz CT molecular complexity index is 683. The number of carbonyl (C=O) groups is 1. The van der Waals surface area contributed by atoms with Gasteiger partial charge in [0.05, 0.1) is 17.0 Å². The third-order valence-corrected chi connectivity index (χ3v) is 4.39. The van der Waals surface area contributed by atoms with Crippen LogP contribution in [-0.4, -0.2) is 35.4 Å². The highest BCUT2D eigenvalue weighted by molar-refractivity contribution is 5.95. The van der Waals surface area contributed by atoms with E-state index < -0.39 is 0 Å². The lowest BCUT2D eigenvalue weighted by atomic mass is 10.0.